The van der Waals surface area contributed by atoms with E-state index in [4.69, 9.17) is 4.74 Å². The lowest BCUT2D eigenvalue weighted by molar-refractivity contribution is 0.101. The zero-order valence-corrected chi connectivity index (χ0v) is 17.2. The Morgan fingerprint density at radius 1 is 1.10 bits per heavy atom. The van der Waals surface area contributed by atoms with E-state index in [0.717, 1.165) is 42.0 Å². The molecule has 3 aliphatic rings. The maximum absolute atomic E-state index is 13.0. The zero-order chi connectivity index (χ0) is 20.5. The van der Waals surface area contributed by atoms with E-state index in [9.17, 15) is 4.79 Å². The lowest BCUT2D eigenvalue weighted by Gasteiger charge is -2.23. The highest BCUT2D eigenvalue weighted by atomic mass is 16.5. The molecule has 2 aromatic carbocycles. The van der Waals surface area contributed by atoms with Gasteiger partial charge >= 0.3 is 0 Å². The van der Waals surface area contributed by atoms with Crippen molar-refractivity contribution in [2.45, 2.75) is 32.7 Å². The highest BCUT2D eigenvalue weighted by Crippen LogP contribution is 2.36. The second-order valence-electron chi connectivity index (χ2n) is 8.07. The number of hydrogen-bond donors (Lipinski definition) is 0. The minimum atomic E-state index is -0.101. The predicted molar refractivity (Wildman–Crippen MR) is 118 cm³/mol. The summed E-state index contributed by atoms with van der Waals surface area (Å²) < 4.78 is 6.07. The largest absolute Gasteiger partial charge is 0.451 e. The first-order chi connectivity index (χ1) is 14.7. The van der Waals surface area contributed by atoms with Gasteiger partial charge in [-0.25, -0.2) is 0 Å². The van der Waals surface area contributed by atoms with E-state index in [0.29, 0.717) is 23.6 Å². The number of fused-ring (bicyclic) bond motifs is 2. The number of aryl methyl sites for hydroxylation is 1. The number of carbonyl (C=O) groups excluding carboxylic acids is 1. The molecule has 0 amide bonds. The van der Waals surface area contributed by atoms with Crippen molar-refractivity contribution in [1.82, 2.24) is 4.90 Å². The number of ether oxygens (including phenoxy) is 1. The number of aliphatic imine (C=N–C) groups is 1. The first-order valence-corrected chi connectivity index (χ1v) is 10.6. The Kier molecular flexibility index (Phi) is 4.98. The summed E-state index contributed by atoms with van der Waals surface area (Å²) in [7, 11) is 0. The molecule has 5 rings (SSSR count). The van der Waals surface area contributed by atoms with Gasteiger partial charge in [0.1, 0.15) is 0 Å². The molecule has 150 valence electrons. The molecule has 0 saturated carbocycles. The molecule has 0 spiro atoms. The topological polar surface area (TPSA) is 41.9 Å². The van der Waals surface area contributed by atoms with E-state index in [1.54, 1.807) is 6.08 Å². The van der Waals surface area contributed by atoms with Gasteiger partial charge in [0.15, 0.2) is 11.5 Å². The van der Waals surface area contributed by atoms with E-state index >= 15 is 0 Å². The summed E-state index contributed by atoms with van der Waals surface area (Å²) in [6, 6.07) is 11.9. The van der Waals surface area contributed by atoms with Crippen LogP contribution < -0.4 is 4.74 Å². The van der Waals surface area contributed by atoms with Gasteiger partial charge in [0, 0.05) is 11.6 Å². The summed E-state index contributed by atoms with van der Waals surface area (Å²) in [4.78, 5) is 19.9. The van der Waals surface area contributed by atoms with Gasteiger partial charge in [-0.2, -0.15) is 0 Å². The molecule has 1 fully saturated rings. The van der Waals surface area contributed by atoms with Crippen LogP contribution in [0.5, 0.6) is 5.75 Å². The molecule has 0 N–H and O–H groups in total. The number of ketones is 1. The third-order valence-electron chi connectivity index (χ3n) is 5.99. The molecule has 0 atom stereocenters. The van der Waals surface area contributed by atoms with E-state index in [1.165, 1.54) is 24.8 Å². The van der Waals surface area contributed by atoms with Gasteiger partial charge in [-0.15, -0.1) is 0 Å². The Labute approximate surface area is 177 Å². The number of nitrogens with zero attached hydrogens (tertiary/aromatic N) is 2. The Morgan fingerprint density at radius 3 is 2.80 bits per heavy atom. The second-order valence-corrected chi connectivity index (χ2v) is 8.07. The maximum atomic E-state index is 13.0. The fourth-order valence-corrected chi connectivity index (χ4v) is 4.27. The number of rotatable bonds is 2. The molecule has 0 aliphatic carbocycles. The molecule has 4 heteroatoms. The van der Waals surface area contributed by atoms with E-state index in [-0.39, 0.29) is 5.78 Å². The Bertz CT molecular complexity index is 1140. The Morgan fingerprint density at radius 2 is 1.93 bits per heavy atom. The summed E-state index contributed by atoms with van der Waals surface area (Å²) in [6.07, 6.45) is 5.59. The van der Waals surface area contributed by atoms with Crippen LogP contribution in [0.4, 0.5) is 0 Å². The molecule has 0 aromatic heterocycles. The van der Waals surface area contributed by atoms with Crippen LogP contribution in [0.1, 0.15) is 51.9 Å². The zero-order valence-electron chi connectivity index (χ0n) is 17.2. The van der Waals surface area contributed by atoms with Crippen LogP contribution in [0.25, 0.3) is 0 Å². The van der Waals surface area contributed by atoms with Gasteiger partial charge in [0.2, 0.25) is 5.78 Å². The van der Waals surface area contributed by atoms with Crippen molar-refractivity contribution < 1.29 is 9.53 Å². The number of piperidine rings is 1. The standard InChI is InChI=1S/C26H24N2O2/c1-18-11-12-22-25(29)24(16-23-21-9-4-3-8-19(21)17-27-23)30-26(22)20(18)10-7-15-28-13-5-2-6-14-28/h3-4,8-9,11-12,16H,2,5-6,13-15,17H2,1H3/b24-16-. The lowest BCUT2D eigenvalue weighted by Crippen LogP contribution is -2.29. The van der Waals surface area contributed by atoms with Crippen molar-refractivity contribution in [2.24, 2.45) is 4.99 Å². The molecular weight excluding hydrogens is 372 g/mol. The molecule has 30 heavy (non-hydrogen) atoms. The summed E-state index contributed by atoms with van der Waals surface area (Å²) >= 11 is 0. The average molecular weight is 396 g/mol. The average Bonchev–Trinajstić information content (AvgIpc) is 3.32. The van der Waals surface area contributed by atoms with Crippen LogP contribution in [0.15, 0.2) is 53.2 Å². The minimum Gasteiger partial charge on any atom is -0.451 e. The van der Waals surface area contributed by atoms with Crippen LogP contribution in [0.2, 0.25) is 0 Å². The number of hydrogen-bond acceptors (Lipinski definition) is 4. The van der Waals surface area contributed by atoms with Crippen LogP contribution in [-0.2, 0) is 6.54 Å². The number of likely N-dealkylation sites (tertiary alicyclic amines) is 1. The molecule has 3 aliphatic heterocycles. The fraction of sp³-hybridized carbons (Fsp3) is 0.308. The Balaban J connectivity index is 1.42. The van der Waals surface area contributed by atoms with Crippen LogP contribution >= 0.6 is 0 Å². The molecule has 1 saturated heterocycles. The monoisotopic (exact) mass is 396 g/mol. The fourth-order valence-electron chi connectivity index (χ4n) is 4.27. The number of carbonyl (C=O) groups is 1. The molecular formula is C26H24N2O2. The van der Waals surface area contributed by atoms with E-state index < -0.39 is 0 Å². The number of benzene rings is 2. The third-order valence-corrected chi connectivity index (χ3v) is 5.99. The van der Waals surface area contributed by atoms with Crippen molar-refractivity contribution in [3.63, 3.8) is 0 Å². The minimum absolute atomic E-state index is 0.101. The highest BCUT2D eigenvalue weighted by molar-refractivity contribution is 6.19. The second kappa shape index (κ2) is 7.93. The van der Waals surface area contributed by atoms with Crippen LogP contribution in [-0.4, -0.2) is 36.0 Å². The molecule has 0 unspecified atom stereocenters. The molecule has 0 radical (unpaired) electrons. The van der Waals surface area contributed by atoms with Crippen LogP contribution in [0, 0.1) is 18.8 Å². The smallest absolute Gasteiger partial charge is 0.232 e. The number of allylic oxidation sites excluding steroid dienone is 2. The van der Waals surface area contributed by atoms with E-state index in [1.807, 2.05) is 37.3 Å². The van der Waals surface area contributed by atoms with Crippen molar-refractivity contribution in [3.05, 3.63) is 76.1 Å². The molecule has 4 nitrogen and oxygen atoms in total. The first-order valence-electron chi connectivity index (χ1n) is 10.6. The van der Waals surface area contributed by atoms with Gasteiger partial charge in [-0.1, -0.05) is 48.6 Å². The van der Waals surface area contributed by atoms with Crippen molar-refractivity contribution in [2.75, 3.05) is 19.6 Å². The summed E-state index contributed by atoms with van der Waals surface area (Å²) in [5.74, 6) is 7.39. The van der Waals surface area contributed by atoms with Crippen molar-refractivity contribution in [3.8, 4) is 17.6 Å². The van der Waals surface area contributed by atoms with Crippen molar-refractivity contribution in [1.29, 1.82) is 0 Å². The predicted octanol–water partition coefficient (Wildman–Crippen LogP) is 4.29. The Hall–Kier alpha value is -3.16. The summed E-state index contributed by atoms with van der Waals surface area (Å²) in [5.41, 5.74) is 5.47. The third kappa shape index (κ3) is 3.46. The molecule has 0 bridgehead atoms. The first kappa shape index (κ1) is 18.8. The van der Waals surface area contributed by atoms with Gasteiger partial charge in [0.25, 0.3) is 0 Å². The molecule has 2 aromatic rings. The van der Waals surface area contributed by atoms with Gasteiger partial charge in [-0.05, 0) is 50.0 Å². The summed E-state index contributed by atoms with van der Waals surface area (Å²) in [6.45, 7) is 5.65. The van der Waals surface area contributed by atoms with Crippen LogP contribution in [0.3, 0.4) is 0 Å². The highest BCUT2D eigenvalue weighted by Gasteiger charge is 2.31. The quantitative estimate of drug-likeness (QED) is 0.562. The van der Waals surface area contributed by atoms with E-state index in [2.05, 4.69) is 27.8 Å². The van der Waals surface area contributed by atoms with Gasteiger partial charge in [-0.3, -0.25) is 14.7 Å². The SMILES string of the molecule is Cc1ccc2c(c1C#CCN1CCCCC1)O/C(=C\C1=NCc3ccccc31)C2=O. The molecule has 3 heterocycles. The summed E-state index contributed by atoms with van der Waals surface area (Å²) in [5, 5.41) is 0. The maximum Gasteiger partial charge on any atom is 0.232 e. The number of Topliss-reactive ketones (excluding diaryl/α,β-unsaturated/α-hetero) is 1. The van der Waals surface area contributed by atoms with Gasteiger partial charge in [0.05, 0.1) is 29.9 Å². The normalized spacial score (nSPS) is 19.0. The van der Waals surface area contributed by atoms with Crippen molar-refractivity contribution >= 4 is 11.5 Å². The lowest BCUT2D eigenvalue weighted by atomic mass is 10.0. The van der Waals surface area contributed by atoms with Gasteiger partial charge < -0.3 is 4.74 Å².